The minimum Gasteiger partial charge on any atom is -0.494 e. The van der Waals surface area contributed by atoms with Crippen molar-refractivity contribution in [2.24, 2.45) is 5.92 Å². The number of hydrogen-bond acceptors (Lipinski definition) is 8. The molecule has 2 aromatic rings. The summed E-state index contributed by atoms with van der Waals surface area (Å²) in [5.41, 5.74) is 0.0645. The van der Waals surface area contributed by atoms with Crippen molar-refractivity contribution in [3.05, 3.63) is 35.7 Å². The van der Waals surface area contributed by atoms with Crippen LogP contribution in [-0.2, 0) is 9.53 Å². The molecule has 2 aliphatic rings. The Balaban J connectivity index is 1.23. The first-order chi connectivity index (χ1) is 19.1. The van der Waals surface area contributed by atoms with Crippen LogP contribution in [0.3, 0.4) is 0 Å². The van der Waals surface area contributed by atoms with Gasteiger partial charge in [-0.15, -0.1) is 0 Å². The van der Waals surface area contributed by atoms with Crippen molar-refractivity contribution in [1.82, 2.24) is 20.4 Å². The Kier molecular flexibility index (Phi) is 9.92. The molecule has 2 fully saturated rings. The molecule has 0 radical (unpaired) electrons. The largest absolute Gasteiger partial charge is 0.494 e. The monoisotopic (exact) mass is 555 g/mol. The smallest absolute Gasteiger partial charge is 0.408 e. The summed E-state index contributed by atoms with van der Waals surface area (Å²) < 4.78 is 16.9. The number of rotatable bonds is 10. The predicted octanol–water partition coefficient (Wildman–Crippen LogP) is 5.46. The van der Waals surface area contributed by atoms with Crippen LogP contribution in [-0.4, -0.2) is 65.4 Å². The van der Waals surface area contributed by atoms with Gasteiger partial charge in [0.1, 0.15) is 17.4 Å². The third-order valence-electron chi connectivity index (χ3n) is 7.40. The summed E-state index contributed by atoms with van der Waals surface area (Å²) in [6, 6.07) is 7.28. The zero-order valence-electron chi connectivity index (χ0n) is 24.6. The maximum absolute atomic E-state index is 13.2. The lowest BCUT2D eigenvalue weighted by atomic mass is 9.92. The highest BCUT2D eigenvalue weighted by Crippen LogP contribution is 2.27. The van der Waals surface area contributed by atoms with Crippen molar-refractivity contribution in [1.29, 1.82) is 0 Å². The lowest BCUT2D eigenvalue weighted by Crippen LogP contribution is -2.43. The van der Waals surface area contributed by atoms with Gasteiger partial charge in [-0.3, -0.25) is 4.79 Å². The fourth-order valence-electron chi connectivity index (χ4n) is 5.15. The van der Waals surface area contributed by atoms with Gasteiger partial charge in [-0.25, -0.2) is 4.79 Å². The lowest BCUT2D eigenvalue weighted by molar-refractivity contribution is -0.132. The Labute approximate surface area is 237 Å². The van der Waals surface area contributed by atoms with Gasteiger partial charge in [-0.2, -0.15) is 4.98 Å². The molecule has 2 saturated heterocycles. The number of hydrogen-bond donors (Lipinski definition) is 1. The molecular formula is C30H45N5O5. The quantitative estimate of drug-likeness (QED) is 0.385. The van der Waals surface area contributed by atoms with Crippen LogP contribution in [0.2, 0.25) is 0 Å². The number of ether oxygens (including phenoxy) is 2. The van der Waals surface area contributed by atoms with E-state index in [1.807, 2.05) is 29.2 Å². The molecule has 2 aliphatic heterocycles. The van der Waals surface area contributed by atoms with E-state index in [0.717, 1.165) is 63.2 Å². The Morgan fingerprint density at radius 3 is 2.35 bits per heavy atom. The van der Waals surface area contributed by atoms with E-state index in [2.05, 4.69) is 34.2 Å². The fraction of sp³-hybridized carbons (Fsp3) is 0.667. The molecule has 4 rings (SSSR count). The Bertz CT molecular complexity index is 1100. The number of alkyl carbamates (subject to hydrolysis) is 1. The standard InChI is InChI=1S/C30H45N5O5/c1-21(2)26-32-28(40-33-26)35-18-14-22(15-19-35)9-8-20-38-24-12-10-23(11-13-24)25(27(36)34-16-6-7-17-34)31-29(37)39-30(3,4)5/h10-13,21-22,25H,6-9,14-20H2,1-5H3,(H,31,37). The summed E-state index contributed by atoms with van der Waals surface area (Å²) in [5.74, 6) is 2.32. The molecule has 40 heavy (non-hydrogen) atoms. The third-order valence-corrected chi connectivity index (χ3v) is 7.40. The normalized spacial score (nSPS) is 17.2. The average molecular weight is 556 g/mol. The Hall–Kier alpha value is -3.30. The highest BCUT2D eigenvalue weighted by molar-refractivity contribution is 5.87. The average Bonchev–Trinajstić information content (AvgIpc) is 3.62. The molecule has 1 N–H and O–H groups in total. The van der Waals surface area contributed by atoms with Crippen molar-refractivity contribution in [2.45, 2.75) is 90.7 Å². The molecule has 0 bridgehead atoms. The Morgan fingerprint density at radius 2 is 1.75 bits per heavy atom. The summed E-state index contributed by atoms with van der Waals surface area (Å²) >= 11 is 0. The van der Waals surface area contributed by atoms with Gasteiger partial charge in [0.2, 0.25) is 5.91 Å². The molecule has 1 aromatic heterocycles. The summed E-state index contributed by atoms with van der Waals surface area (Å²) in [5, 5.41) is 6.86. The molecule has 10 heteroatoms. The highest BCUT2D eigenvalue weighted by atomic mass is 16.6. The zero-order valence-corrected chi connectivity index (χ0v) is 24.6. The van der Waals surface area contributed by atoms with Crippen molar-refractivity contribution in [2.75, 3.05) is 37.7 Å². The number of carbonyl (C=O) groups excluding carboxylic acids is 2. The second-order valence-electron chi connectivity index (χ2n) is 12.2. The molecule has 3 heterocycles. The third kappa shape index (κ3) is 8.35. The topological polar surface area (TPSA) is 110 Å². The molecule has 0 saturated carbocycles. The molecule has 10 nitrogen and oxygen atoms in total. The van der Waals surface area contributed by atoms with E-state index in [1.54, 1.807) is 20.8 Å². The first-order valence-electron chi connectivity index (χ1n) is 14.7. The van der Waals surface area contributed by atoms with Gasteiger partial charge >= 0.3 is 12.1 Å². The van der Waals surface area contributed by atoms with Gasteiger partial charge in [0.25, 0.3) is 0 Å². The van der Waals surface area contributed by atoms with Crippen LogP contribution in [0.5, 0.6) is 5.75 Å². The van der Waals surface area contributed by atoms with Crippen LogP contribution in [0, 0.1) is 5.92 Å². The highest BCUT2D eigenvalue weighted by Gasteiger charge is 2.31. The van der Waals surface area contributed by atoms with Crippen LogP contribution in [0.15, 0.2) is 28.8 Å². The first kappa shape index (κ1) is 29.7. The summed E-state index contributed by atoms with van der Waals surface area (Å²) in [4.78, 5) is 34.3. The first-order valence-corrected chi connectivity index (χ1v) is 14.7. The van der Waals surface area contributed by atoms with E-state index in [4.69, 9.17) is 14.0 Å². The number of carbonyl (C=O) groups is 2. The number of piperidine rings is 1. The summed E-state index contributed by atoms with van der Waals surface area (Å²) in [7, 11) is 0. The van der Waals surface area contributed by atoms with Crippen LogP contribution in [0.25, 0.3) is 0 Å². The number of benzene rings is 1. The minimum absolute atomic E-state index is 0.109. The van der Waals surface area contributed by atoms with Crippen molar-refractivity contribution in [3.63, 3.8) is 0 Å². The maximum atomic E-state index is 13.2. The van der Waals surface area contributed by atoms with Crippen molar-refractivity contribution in [3.8, 4) is 5.75 Å². The van der Waals surface area contributed by atoms with Gasteiger partial charge in [-0.05, 0) is 82.9 Å². The molecule has 0 aliphatic carbocycles. The van der Waals surface area contributed by atoms with E-state index < -0.39 is 17.7 Å². The number of nitrogens with one attached hydrogen (secondary N) is 1. The molecule has 2 amide bonds. The van der Waals surface area contributed by atoms with Crippen LogP contribution >= 0.6 is 0 Å². The molecule has 220 valence electrons. The maximum Gasteiger partial charge on any atom is 0.408 e. The van der Waals surface area contributed by atoms with Crippen molar-refractivity contribution < 1.29 is 23.6 Å². The second-order valence-corrected chi connectivity index (χ2v) is 12.2. The predicted molar refractivity (Wildman–Crippen MR) is 152 cm³/mol. The van der Waals surface area contributed by atoms with Crippen LogP contribution < -0.4 is 15.0 Å². The molecule has 1 aromatic carbocycles. The molecule has 1 unspecified atom stereocenters. The van der Waals surface area contributed by atoms with Gasteiger partial charge < -0.3 is 29.1 Å². The number of nitrogens with zero attached hydrogens (tertiary/aromatic N) is 4. The molecule has 0 spiro atoms. The zero-order chi connectivity index (χ0) is 28.7. The van der Waals surface area contributed by atoms with Crippen LogP contribution in [0.4, 0.5) is 10.8 Å². The van der Waals surface area contributed by atoms with E-state index in [9.17, 15) is 9.59 Å². The van der Waals surface area contributed by atoms with E-state index in [0.29, 0.717) is 37.2 Å². The van der Waals surface area contributed by atoms with Crippen LogP contribution in [0.1, 0.15) is 96.5 Å². The van der Waals surface area contributed by atoms with Crippen molar-refractivity contribution >= 4 is 18.0 Å². The summed E-state index contributed by atoms with van der Waals surface area (Å²) in [6.07, 6.45) is 5.65. The Morgan fingerprint density at radius 1 is 1.07 bits per heavy atom. The number of anilines is 1. The second kappa shape index (κ2) is 13.4. The van der Waals surface area contributed by atoms with E-state index >= 15 is 0 Å². The number of likely N-dealkylation sites (tertiary alicyclic amines) is 1. The van der Waals surface area contributed by atoms with E-state index in [1.165, 1.54) is 0 Å². The van der Waals surface area contributed by atoms with Gasteiger partial charge in [0.15, 0.2) is 5.82 Å². The SMILES string of the molecule is CC(C)c1noc(N2CCC(CCCOc3ccc(C(NC(=O)OC(C)(C)C)C(=O)N4CCCC4)cc3)CC2)n1. The fourth-order valence-corrected chi connectivity index (χ4v) is 5.15. The lowest BCUT2D eigenvalue weighted by Gasteiger charge is -2.30. The van der Waals surface area contributed by atoms with Gasteiger partial charge in [-0.1, -0.05) is 31.1 Å². The minimum atomic E-state index is -0.794. The summed E-state index contributed by atoms with van der Waals surface area (Å²) in [6.45, 7) is 13.5. The molecule has 1 atom stereocenters. The van der Waals surface area contributed by atoms with Gasteiger partial charge in [0.05, 0.1) is 6.61 Å². The number of aromatic nitrogens is 2. The van der Waals surface area contributed by atoms with E-state index in [-0.39, 0.29) is 11.8 Å². The number of amides is 2. The molecular weight excluding hydrogens is 510 g/mol. The van der Waals surface area contributed by atoms with Gasteiger partial charge in [0, 0.05) is 32.1 Å².